The predicted octanol–water partition coefficient (Wildman–Crippen LogP) is 4.20. The van der Waals surface area contributed by atoms with Gasteiger partial charge in [-0.2, -0.15) is 0 Å². The summed E-state index contributed by atoms with van der Waals surface area (Å²) >= 11 is 11.7. The van der Waals surface area contributed by atoms with Crippen LogP contribution in [0.2, 0.25) is 10.3 Å². The number of fused-ring (bicyclic) bond motifs is 1. The Morgan fingerprint density at radius 1 is 1.19 bits per heavy atom. The molecule has 0 radical (unpaired) electrons. The van der Waals surface area contributed by atoms with Crippen LogP contribution in [-0.2, 0) is 6.42 Å². The standard InChI is InChI=1S/C16H14Cl2N2O/c17-14-8-11(9-15(18)20-14)16(21)19-13-7-3-5-10-4-1-2-6-12(10)13/h1-2,4,6,8-9,13H,3,5,7H2,(H,19,21). The van der Waals surface area contributed by atoms with Crippen molar-refractivity contribution < 1.29 is 4.79 Å². The lowest BCUT2D eigenvalue weighted by molar-refractivity contribution is 0.0932. The minimum Gasteiger partial charge on any atom is -0.345 e. The molecule has 1 aromatic carbocycles. The molecule has 1 aliphatic rings. The first-order chi connectivity index (χ1) is 10.1. The number of benzene rings is 1. The van der Waals surface area contributed by atoms with Crippen LogP contribution in [-0.4, -0.2) is 10.9 Å². The van der Waals surface area contributed by atoms with Crippen molar-refractivity contribution in [1.29, 1.82) is 0 Å². The second kappa shape index (κ2) is 6.04. The van der Waals surface area contributed by atoms with Gasteiger partial charge in [-0.1, -0.05) is 47.5 Å². The summed E-state index contributed by atoms with van der Waals surface area (Å²) in [5.41, 5.74) is 2.94. The van der Waals surface area contributed by atoms with E-state index in [0.717, 1.165) is 19.3 Å². The van der Waals surface area contributed by atoms with Gasteiger partial charge in [0.2, 0.25) is 0 Å². The highest BCUT2D eigenvalue weighted by atomic mass is 35.5. The molecular formula is C16H14Cl2N2O. The maximum atomic E-state index is 12.4. The van der Waals surface area contributed by atoms with Gasteiger partial charge in [-0.3, -0.25) is 4.79 Å². The average molecular weight is 321 g/mol. The molecule has 3 nitrogen and oxygen atoms in total. The van der Waals surface area contributed by atoms with Crippen LogP contribution in [0.5, 0.6) is 0 Å². The molecular weight excluding hydrogens is 307 g/mol. The topological polar surface area (TPSA) is 42.0 Å². The lowest BCUT2D eigenvalue weighted by Crippen LogP contribution is -2.31. The lowest BCUT2D eigenvalue weighted by Gasteiger charge is -2.26. The van der Waals surface area contributed by atoms with E-state index in [-0.39, 0.29) is 22.3 Å². The van der Waals surface area contributed by atoms with Crippen LogP contribution < -0.4 is 5.32 Å². The Bertz CT molecular complexity index is 667. The quantitative estimate of drug-likeness (QED) is 0.843. The summed E-state index contributed by atoms with van der Waals surface area (Å²) in [6.07, 6.45) is 3.07. The van der Waals surface area contributed by atoms with Gasteiger partial charge in [0.05, 0.1) is 6.04 Å². The Balaban J connectivity index is 1.82. The molecule has 1 aromatic heterocycles. The summed E-state index contributed by atoms with van der Waals surface area (Å²) in [4.78, 5) is 16.2. The Morgan fingerprint density at radius 2 is 1.90 bits per heavy atom. The fourth-order valence-corrected chi connectivity index (χ4v) is 3.20. The molecule has 1 heterocycles. The fraction of sp³-hybridized carbons (Fsp3) is 0.250. The highest BCUT2D eigenvalue weighted by Crippen LogP contribution is 2.29. The van der Waals surface area contributed by atoms with E-state index in [0.29, 0.717) is 5.56 Å². The molecule has 1 aliphatic carbocycles. The summed E-state index contributed by atoms with van der Waals surface area (Å²) in [5.74, 6) is -0.178. The monoisotopic (exact) mass is 320 g/mol. The molecule has 2 aromatic rings. The van der Waals surface area contributed by atoms with E-state index in [9.17, 15) is 4.79 Å². The van der Waals surface area contributed by atoms with E-state index in [1.54, 1.807) is 0 Å². The van der Waals surface area contributed by atoms with Crippen molar-refractivity contribution in [2.75, 3.05) is 0 Å². The number of carbonyl (C=O) groups excluding carboxylic acids is 1. The van der Waals surface area contributed by atoms with Crippen molar-refractivity contribution in [2.45, 2.75) is 25.3 Å². The van der Waals surface area contributed by atoms with Gasteiger partial charge in [0.15, 0.2) is 0 Å². The number of rotatable bonds is 2. The number of aromatic nitrogens is 1. The van der Waals surface area contributed by atoms with Crippen LogP contribution in [0.15, 0.2) is 36.4 Å². The molecule has 0 fully saturated rings. The molecule has 0 saturated heterocycles. The van der Waals surface area contributed by atoms with Crippen LogP contribution in [0, 0.1) is 0 Å². The van der Waals surface area contributed by atoms with Gasteiger partial charge in [-0.15, -0.1) is 0 Å². The van der Waals surface area contributed by atoms with Gasteiger partial charge in [-0.05, 0) is 42.5 Å². The van der Waals surface area contributed by atoms with E-state index in [2.05, 4.69) is 22.4 Å². The van der Waals surface area contributed by atoms with Crippen molar-refractivity contribution >= 4 is 29.1 Å². The molecule has 21 heavy (non-hydrogen) atoms. The minimum absolute atomic E-state index is 0.0353. The molecule has 1 amide bonds. The van der Waals surface area contributed by atoms with Gasteiger partial charge in [0.1, 0.15) is 10.3 Å². The summed E-state index contributed by atoms with van der Waals surface area (Å²) in [7, 11) is 0. The molecule has 0 aliphatic heterocycles. The zero-order chi connectivity index (χ0) is 14.8. The van der Waals surface area contributed by atoms with Crippen molar-refractivity contribution in [3.05, 3.63) is 63.4 Å². The van der Waals surface area contributed by atoms with Crippen molar-refractivity contribution in [1.82, 2.24) is 10.3 Å². The smallest absolute Gasteiger partial charge is 0.251 e. The third-order valence-corrected chi connectivity index (χ3v) is 4.09. The number of nitrogens with one attached hydrogen (secondary N) is 1. The van der Waals surface area contributed by atoms with Crippen molar-refractivity contribution in [3.63, 3.8) is 0 Å². The zero-order valence-corrected chi connectivity index (χ0v) is 12.8. The molecule has 1 N–H and O–H groups in total. The normalized spacial score (nSPS) is 17.1. The first-order valence-corrected chi connectivity index (χ1v) is 7.61. The lowest BCUT2D eigenvalue weighted by atomic mass is 9.87. The Hall–Kier alpha value is -1.58. The van der Waals surface area contributed by atoms with Crippen LogP contribution in [0.1, 0.15) is 40.4 Å². The Kier molecular flexibility index (Phi) is 4.13. The zero-order valence-electron chi connectivity index (χ0n) is 11.3. The number of carbonyl (C=O) groups is 1. The maximum absolute atomic E-state index is 12.4. The van der Waals surface area contributed by atoms with E-state index < -0.39 is 0 Å². The number of nitrogens with zero attached hydrogens (tertiary/aromatic N) is 1. The third-order valence-electron chi connectivity index (χ3n) is 3.70. The van der Waals surface area contributed by atoms with Crippen LogP contribution in [0.3, 0.4) is 0 Å². The molecule has 0 spiro atoms. The summed E-state index contributed by atoms with van der Waals surface area (Å²) in [5, 5.41) is 3.50. The van der Waals surface area contributed by atoms with Gasteiger partial charge >= 0.3 is 0 Å². The molecule has 3 rings (SSSR count). The first-order valence-electron chi connectivity index (χ1n) is 6.85. The molecule has 1 unspecified atom stereocenters. The van der Waals surface area contributed by atoms with Crippen LogP contribution in [0.25, 0.3) is 0 Å². The van der Waals surface area contributed by atoms with E-state index >= 15 is 0 Å². The van der Waals surface area contributed by atoms with Gasteiger partial charge in [-0.25, -0.2) is 4.98 Å². The highest BCUT2D eigenvalue weighted by molar-refractivity contribution is 6.33. The second-order valence-corrected chi connectivity index (χ2v) is 5.89. The minimum atomic E-state index is -0.178. The number of hydrogen-bond acceptors (Lipinski definition) is 2. The van der Waals surface area contributed by atoms with Gasteiger partial charge < -0.3 is 5.32 Å². The van der Waals surface area contributed by atoms with E-state index in [1.807, 2.05) is 12.1 Å². The molecule has 1 atom stereocenters. The van der Waals surface area contributed by atoms with Gasteiger partial charge in [0.25, 0.3) is 5.91 Å². The van der Waals surface area contributed by atoms with Crippen LogP contribution in [0.4, 0.5) is 0 Å². The summed E-state index contributed by atoms with van der Waals surface area (Å²) in [6.45, 7) is 0. The second-order valence-electron chi connectivity index (χ2n) is 5.12. The van der Waals surface area contributed by atoms with Crippen molar-refractivity contribution in [2.24, 2.45) is 0 Å². The number of hydrogen-bond donors (Lipinski definition) is 1. The van der Waals surface area contributed by atoms with E-state index in [1.165, 1.54) is 23.3 Å². The number of halogens is 2. The molecule has 0 bridgehead atoms. The molecule has 0 saturated carbocycles. The first kappa shape index (κ1) is 14.4. The van der Waals surface area contributed by atoms with Crippen LogP contribution >= 0.6 is 23.2 Å². The largest absolute Gasteiger partial charge is 0.345 e. The van der Waals surface area contributed by atoms with Crippen molar-refractivity contribution in [3.8, 4) is 0 Å². The van der Waals surface area contributed by atoms with Gasteiger partial charge in [0, 0.05) is 5.56 Å². The maximum Gasteiger partial charge on any atom is 0.251 e. The SMILES string of the molecule is O=C(NC1CCCc2ccccc21)c1cc(Cl)nc(Cl)c1. The summed E-state index contributed by atoms with van der Waals surface area (Å²) < 4.78 is 0. The Morgan fingerprint density at radius 3 is 2.67 bits per heavy atom. The highest BCUT2D eigenvalue weighted by Gasteiger charge is 2.22. The van der Waals surface area contributed by atoms with E-state index in [4.69, 9.17) is 23.2 Å². The predicted molar refractivity (Wildman–Crippen MR) is 83.8 cm³/mol. The molecule has 108 valence electrons. The Labute approximate surface area is 133 Å². The fourth-order valence-electron chi connectivity index (χ4n) is 2.74. The molecule has 5 heteroatoms. The average Bonchev–Trinajstić information content (AvgIpc) is 2.46. The summed E-state index contributed by atoms with van der Waals surface area (Å²) in [6, 6.07) is 11.3. The number of aryl methyl sites for hydroxylation is 1. The third kappa shape index (κ3) is 3.20. The number of amides is 1. The number of pyridine rings is 1.